The summed E-state index contributed by atoms with van der Waals surface area (Å²) in [5, 5.41) is 8.41. The number of piperidine rings is 1. The summed E-state index contributed by atoms with van der Waals surface area (Å²) in [6.07, 6.45) is 3.95. The highest BCUT2D eigenvalue weighted by Gasteiger charge is 2.18. The molecule has 0 spiro atoms. The maximum absolute atomic E-state index is 11.1. The lowest BCUT2D eigenvalue weighted by molar-refractivity contribution is -0.114. The van der Waals surface area contributed by atoms with Crippen molar-refractivity contribution in [3.8, 4) is 0 Å². The zero-order valence-corrected chi connectivity index (χ0v) is 12.6. The molecule has 0 aliphatic carbocycles. The lowest BCUT2D eigenvalue weighted by atomic mass is 10.0. The number of anilines is 1. The van der Waals surface area contributed by atoms with Crippen LogP contribution in [0.3, 0.4) is 0 Å². The first-order chi connectivity index (χ1) is 9.16. The SMILES string of the molecule is CC(=O)Nc1ccsc1CNCC1CCCCN1C. The summed E-state index contributed by atoms with van der Waals surface area (Å²) in [6, 6.07) is 2.62. The van der Waals surface area contributed by atoms with Gasteiger partial charge in [-0.2, -0.15) is 0 Å². The van der Waals surface area contributed by atoms with Crippen LogP contribution >= 0.6 is 11.3 Å². The molecule has 0 saturated carbocycles. The van der Waals surface area contributed by atoms with Crippen LogP contribution in [-0.4, -0.2) is 37.0 Å². The predicted molar refractivity (Wildman–Crippen MR) is 80.6 cm³/mol. The van der Waals surface area contributed by atoms with Gasteiger partial charge < -0.3 is 15.5 Å². The van der Waals surface area contributed by atoms with E-state index >= 15 is 0 Å². The maximum Gasteiger partial charge on any atom is 0.221 e. The van der Waals surface area contributed by atoms with Crippen LogP contribution in [0.5, 0.6) is 0 Å². The van der Waals surface area contributed by atoms with Crippen molar-refractivity contribution in [3.05, 3.63) is 16.3 Å². The first-order valence-electron chi connectivity index (χ1n) is 6.91. The van der Waals surface area contributed by atoms with E-state index in [2.05, 4.69) is 22.6 Å². The molecule has 1 aromatic heterocycles. The third-order valence-corrected chi connectivity index (χ3v) is 4.56. The molecule has 2 rings (SSSR count). The van der Waals surface area contributed by atoms with Gasteiger partial charge >= 0.3 is 0 Å². The minimum atomic E-state index is -0.00772. The first-order valence-corrected chi connectivity index (χ1v) is 7.79. The van der Waals surface area contributed by atoms with E-state index in [-0.39, 0.29) is 5.91 Å². The van der Waals surface area contributed by atoms with E-state index in [0.717, 1.165) is 18.8 Å². The Balaban J connectivity index is 1.79. The van der Waals surface area contributed by atoms with Gasteiger partial charge in [0.25, 0.3) is 0 Å². The van der Waals surface area contributed by atoms with Crippen molar-refractivity contribution in [2.75, 3.05) is 25.5 Å². The average Bonchev–Trinajstić information content (AvgIpc) is 2.78. The number of likely N-dealkylation sites (tertiary alicyclic amines) is 1. The van der Waals surface area contributed by atoms with Crippen molar-refractivity contribution < 1.29 is 4.79 Å². The molecule has 1 unspecified atom stereocenters. The number of carbonyl (C=O) groups excluding carboxylic acids is 1. The Morgan fingerprint density at radius 2 is 2.37 bits per heavy atom. The number of likely N-dealkylation sites (N-methyl/N-ethyl adjacent to an activating group) is 1. The Morgan fingerprint density at radius 3 is 3.11 bits per heavy atom. The molecule has 0 bridgehead atoms. The van der Waals surface area contributed by atoms with Crippen LogP contribution in [0, 0.1) is 0 Å². The highest BCUT2D eigenvalue weighted by atomic mass is 32.1. The molecule has 1 atom stereocenters. The number of thiophene rings is 1. The van der Waals surface area contributed by atoms with Gasteiger partial charge in [-0.25, -0.2) is 0 Å². The van der Waals surface area contributed by atoms with Gasteiger partial charge in [-0.1, -0.05) is 6.42 Å². The molecule has 19 heavy (non-hydrogen) atoms. The summed E-state index contributed by atoms with van der Waals surface area (Å²) in [5.74, 6) is -0.00772. The average molecular weight is 281 g/mol. The van der Waals surface area contributed by atoms with E-state index in [0.29, 0.717) is 6.04 Å². The molecule has 1 saturated heterocycles. The van der Waals surface area contributed by atoms with Gasteiger partial charge in [0, 0.05) is 30.9 Å². The summed E-state index contributed by atoms with van der Waals surface area (Å²) in [7, 11) is 2.21. The second kappa shape index (κ2) is 7.03. The van der Waals surface area contributed by atoms with Crippen LogP contribution in [0.1, 0.15) is 31.1 Å². The van der Waals surface area contributed by atoms with Crippen LogP contribution in [0.25, 0.3) is 0 Å². The van der Waals surface area contributed by atoms with E-state index < -0.39 is 0 Å². The number of amides is 1. The van der Waals surface area contributed by atoms with Crippen molar-refractivity contribution in [2.24, 2.45) is 0 Å². The van der Waals surface area contributed by atoms with Gasteiger partial charge in [-0.15, -0.1) is 11.3 Å². The molecular weight excluding hydrogens is 258 g/mol. The molecule has 1 aromatic rings. The van der Waals surface area contributed by atoms with Crippen LogP contribution in [0.2, 0.25) is 0 Å². The number of nitrogens with zero attached hydrogens (tertiary/aromatic N) is 1. The monoisotopic (exact) mass is 281 g/mol. The van der Waals surface area contributed by atoms with Gasteiger partial charge in [0.1, 0.15) is 0 Å². The molecule has 0 radical (unpaired) electrons. The number of hydrogen-bond acceptors (Lipinski definition) is 4. The smallest absolute Gasteiger partial charge is 0.221 e. The fraction of sp³-hybridized carbons (Fsp3) is 0.643. The van der Waals surface area contributed by atoms with E-state index in [9.17, 15) is 4.79 Å². The van der Waals surface area contributed by atoms with Gasteiger partial charge in [-0.05, 0) is 37.9 Å². The number of rotatable bonds is 5. The van der Waals surface area contributed by atoms with Gasteiger partial charge in [0.2, 0.25) is 5.91 Å². The molecule has 1 fully saturated rings. The van der Waals surface area contributed by atoms with Crippen LogP contribution < -0.4 is 10.6 Å². The highest BCUT2D eigenvalue weighted by molar-refractivity contribution is 7.10. The molecule has 5 heteroatoms. The summed E-state index contributed by atoms with van der Waals surface area (Å²) in [4.78, 5) is 14.7. The Kier molecular flexibility index (Phi) is 5.36. The summed E-state index contributed by atoms with van der Waals surface area (Å²) < 4.78 is 0. The topological polar surface area (TPSA) is 44.4 Å². The third kappa shape index (κ3) is 4.30. The normalized spacial score (nSPS) is 20.4. The van der Waals surface area contributed by atoms with E-state index in [4.69, 9.17) is 0 Å². The second-order valence-corrected chi connectivity index (χ2v) is 6.20. The molecule has 2 heterocycles. The fourth-order valence-electron chi connectivity index (χ4n) is 2.53. The molecule has 1 amide bonds. The molecule has 2 N–H and O–H groups in total. The Morgan fingerprint density at radius 1 is 1.53 bits per heavy atom. The van der Waals surface area contributed by atoms with Crippen molar-refractivity contribution in [2.45, 2.75) is 38.8 Å². The van der Waals surface area contributed by atoms with Gasteiger partial charge in [0.15, 0.2) is 0 Å². The molecule has 0 aromatic carbocycles. The molecular formula is C14H23N3OS. The van der Waals surface area contributed by atoms with E-state index in [1.165, 1.54) is 30.7 Å². The Bertz CT molecular complexity index is 419. The van der Waals surface area contributed by atoms with Crippen molar-refractivity contribution in [3.63, 3.8) is 0 Å². The van der Waals surface area contributed by atoms with Gasteiger partial charge in [0.05, 0.1) is 5.69 Å². The molecule has 106 valence electrons. The quantitative estimate of drug-likeness (QED) is 0.870. The number of carbonyl (C=O) groups is 1. The first kappa shape index (κ1) is 14.5. The van der Waals surface area contributed by atoms with E-state index in [1.54, 1.807) is 18.3 Å². The lowest BCUT2D eigenvalue weighted by Gasteiger charge is -2.32. The minimum Gasteiger partial charge on any atom is -0.325 e. The van der Waals surface area contributed by atoms with Crippen LogP contribution in [0.4, 0.5) is 5.69 Å². The third-order valence-electron chi connectivity index (χ3n) is 3.64. The second-order valence-electron chi connectivity index (χ2n) is 5.20. The minimum absolute atomic E-state index is 0.00772. The molecule has 1 aliphatic heterocycles. The molecule has 1 aliphatic rings. The highest BCUT2D eigenvalue weighted by Crippen LogP contribution is 2.22. The standard InChI is InChI=1S/C14H23N3OS/c1-11(18)16-13-6-8-19-14(13)10-15-9-12-5-3-4-7-17(12)2/h6,8,12,15H,3-5,7,9-10H2,1-2H3,(H,16,18). The van der Waals surface area contributed by atoms with Crippen LogP contribution in [0.15, 0.2) is 11.4 Å². The number of hydrogen-bond donors (Lipinski definition) is 2. The Hall–Kier alpha value is -0.910. The van der Waals surface area contributed by atoms with E-state index in [1.807, 2.05) is 11.4 Å². The summed E-state index contributed by atoms with van der Waals surface area (Å²) in [5.41, 5.74) is 0.946. The zero-order valence-electron chi connectivity index (χ0n) is 11.7. The fourth-order valence-corrected chi connectivity index (χ4v) is 3.33. The van der Waals surface area contributed by atoms with Gasteiger partial charge in [-0.3, -0.25) is 4.79 Å². The van der Waals surface area contributed by atoms with Crippen molar-refractivity contribution >= 4 is 22.9 Å². The number of nitrogens with one attached hydrogen (secondary N) is 2. The van der Waals surface area contributed by atoms with Crippen molar-refractivity contribution in [1.29, 1.82) is 0 Å². The van der Waals surface area contributed by atoms with Crippen LogP contribution in [-0.2, 0) is 11.3 Å². The largest absolute Gasteiger partial charge is 0.325 e. The zero-order chi connectivity index (χ0) is 13.7. The summed E-state index contributed by atoms with van der Waals surface area (Å²) in [6.45, 7) is 4.61. The predicted octanol–water partition coefficient (Wildman–Crippen LogP) is 2.28. The van der Waals surface area contributed by atoms with Crippen molar-refractivity contribution in [1.82, 2.24) is 10.2 Å². The molecule has 4 nitrogen and oxygen atoms in total. The summed E-state index contributed by atoms with van der Waals surface area (Å²) >= 11 is 1.69. The Labute approximate surface area is 119 Å². The lowest BCUT2D eigenvalue weighted by Crippen LogP contribution is -2.42. The maximum atomic E-state index is 11.1.